The molecule has 2 N–H and O–H groups in total. The Morgan fingerprint density at radius 2 is 1.90 bits per heavy atom. The lowest BCUT2D eigenvalue weighted by Crippen LogP contribution is -2.50. The van der Waals surface area contributed by atoms with Crippen LogP contribution in [0, 0.1) is 0 Å². The lowest BCUT2D eigenvalue weighted by atomic mass is 9.99. The first-order valence-corrected chi connectivity index (χ1v) is 11.3. The van der Waals surface area contributed by atoms with Crippen molar-refractivity contribution >= 4 is 11.9 Å². The number of urea groups is 1. The van der Waals surface area contributed by atoms with Crippen LogP contribution >= 0.6 is 0 Å². The van der Waals surface area contributed by atoms with Gasteiger partial charge in [-0.1, -0.05) is 43.7 Å². The highest BCUT2D eigenvalue weighted by molar-refractivity contribution is 5.91. The van der Waals surface area contributed by atoms with Crippen LogP contribution < -0.4 is 10.6 Å². The fraction of sp³-hybridized carbons (Fsp3) is 0.652. The van der Waals surface area contributed by atoms with Crippen LogP contribution in [0.3, 0.4) is 0 Å². The highest BCUT2D eigenvalue weighted by Crippen LogP contribution is 2.20. The van der Waals surface area contributed by atoms with Crippen LogP contribution in [-0.4, -0.2) is 66.5 Å². The summed E-state index contributed by atoms with van der Waals surface area (Å²) in [6.45, 7) is 6.74. The van der Waals surface area contributed by atoms with Crippen molar-refractivity contribution < 1.29 is 9.59 Å². The summed E-state index contributed by atoms with van der Waals surface area (Å²) < 4.78 is 0. The Kier molecular flexibility index (Phi) is 8.35. The van der Waals surface area contributed by atoms with Crippen LogP contribution in [0.4, 0.5) is 4.79 Å². The number of hydrogen-bond acceptors (Lipinski definition) is 3. The fourth-order valence-electron chi connectivity index (χ4n) is 4.39. The fourth-order valence-corrected chi connectivity index (χ4v) is 4.39. The van der Waals surface area contributed by atoms with Gasteiger partial charge in [-0.3, -0.25) is 4.79 Å². The summed E-state index contributed by atoms with van der Waals surface area (Å²) in [6, 6.07) is 9.61. The van der Waals surface area contributed by atoms with Crippen molar-refractivity contribution in [3.05, 3.63) is 35.9 Å². The third kappa shape index (κ3) is 6.20. The second kappa shape index (κ2) is 11.2. The van der Waals surface area contributed by atoms with Crippen molar-refractivity contribution in [3.8, 4) is 0 Å². The molecule has 2 saturated heterocycles. The normalized spacial score (nSPS) is 22.1. The molecule has 0 radical (unpaired) electrons. The van der Waals surface area contributed by atoms with Crippen molar-refractivity contribution in [1.82, 2.24) is 20.4 Å². The van der Waals surface area contributed by atoms with E-state index in [1.807, 2.05) is 18.2 Å². The molecule has 2 fully saturated rings. The monoisotopic (exact) mass is 400 g/mol. The zero-order valence-corrected chi connectivity index (χ0v) is 17.7. The minimum Gasteiger partial charge on any atom is -0.354 e. The van der Waals surface area contributed by atoms with E-state index >= 15 is 0 Å². The van der Waals surface area contributed by atoms with Crippen molar-refractivity contribution in [2.24, 2.45) is 0 Å². The van der Waals surface area contributed by atoms with Crippen LogP contribution in [0.5, 0.6) is 0 Å². The summed E-state index contributed by atoms with van der Waals surface area (Å²) in [5, 5.41) is 6.14. The molecule has 0 spiro atoms. The number of benzene rings is 1. The van der Waals surface area contributed by atoms with Gasteiger partial charge in [0, 0.05) is 13.1 Å². The van der Waals surface area contributed by atoms with Crippen molar-refractivity contribution in [3.63, 3.8) is 0 Å². The van der Waals surface area contributed by atoms with Gasteiger partial charge in [-0.15, -0.1) is 0 Å². The molecule has 0 bridgehead atoms. The molecule has 3 amide bonds. The van der Waals surface area contributed by atoms with Gasteiger partial charge in [-0.2, -0.15) is 0 Å². The second-order valence-electron chi connectivity index (χ2n) is 8.27. The molecule has 0 aliphatic carbocycles. The maximum absolute atomic E-state index is 13.0. The van der Waals surface area contributed by atoms with E-state index in [1.54, 1.807) is 4.90 Å². The van der Waals surface area contributed by atoms with E-state index in [9.17, 15) is 9.59 Å². The molecule has 2 aliphatic heterocycles. The molecule has 2 aliphatic rings. The summed E-state index contributed by atoms with van der Waals surface area (Å²) in [5.41, 5.74) is 1.24. The first kappa shape index (κ1) is 21.6. The Morgan fingerprint density at radius 1 is 1.14 bits per heavy atom. The number of rotatable bonds is 11. The molecule has 1 aromatic rings. The van der Waals surface area contributed by atoms with E-state index in [0.29, 0.717) is 13.1 Å². The summed E-state index contributed by atoms with van der Waals surface area (Å²) in [7, 11) is 0. The maximum atomic E-state index is 13.0. The third-order valence-corrected chi connectivity index (χ3v) is 6.04. The molecule has 160 valence electrons. The smallest absolute Gasteiger partial charge is 0.318 e. The number of carbonyl (C=O) groups excluding carboxylic acids is 2. The molecule has 6 nitrogen and oxygen atoms in total. The highest BCUT2D eigenvalue weighted by atomic mass is 16.2. The Morgan fingerprint density at radius 3 is 2.62 bits per heavy atom. The standard InChI is InChI=1S/C23H36N4O2/c1-2-3-14-24-22(28)21-20(13-12-19-10-5-4-6-11-19)25-23(29)27(21)18-9-17-26-15-7-8-16-26/h4-6,10-11,20-21H,2-3,7-9,12-18H2,1H3,(H,24,28)(H,25,29). The average molecular weight is 401 g/mol. The molecule has 2 atom stereocenters. The Hall–Kier alpha value is -2.08. The average Bonchev–Trinajstić information content (AvgIpc) is 3.35. The quantitative estimate of drug-likeness (QED) is 0.562. The molecule has 6 heteroatoms. The summed E-state index contributed by atoms with van der Waals surface area (Å²) in [6.07, 6.45) is 7.08. The highest BCUT2D eigenvalue weighted by Gasteiger charge is 2.43. The minimum absolute atomic E-state index is 0.0176. The van der Waals surface area contributed by atoms with E-state index < -0.39 is 6.04 Å². The number of likely N-dealkylation sites (tertiary alicyclic amines) is 1. The molecule has 0 saturated carbocycles. The van der Waals surface area contributed by atoms with E-state index in [-0.39, 0.29) is 18.0 Å². The number of nitrogens with one attached hydrogen (secondary N) is 2. The van der Waals surface area contributed by atoms with Crippen molar-refractivity contribution in [1.29, 1.82) is 0 Å². The van der Waals surface area contributed by atoms with Gasteiger partial charge in [-0.25, -0.2) is 4.79 Å². The van der Waals surface area contributed by atoms with Gasteiger partial charge < -0.3 is 20.4 Å². The van der Waals surface area contributed by atoms with Crippen molar-refractivity contribution in [2.75, 3.05) is 32.7 Å². The lowest BCUT2D eigenvalue weighted by Gasteiger charge is -2.26. The zero-order valence-electron chi connectivity index (χ0n) is 17.7. The van der Waals surface area contributed by atoms with Gasteiger partial charge in [0.05, 0.1) is 6.04 Å². The predicted molar refractivity (Wildman–Crippen MR) is 116 cm³/mol. The molecule has 0 aromatic heterocycles. The molecule has 29 heavy (non-hydrogen) atoms. The SMILES string of the molecule is CCCCNC(=O)C1C(CCc2ccccc2)NC(=O)N1CCCN1CCCC1. The first-order chi connectivity index (χ1) is 14.2. The number of nitrogens with zero attached hydrogens (tertiary/aromatic N) is 2. The Balaban J connectivity index is 1.60. The molecule has 1 aromatic carbocycles. The lowest BCUT2D eigenvalue weighted by molar-refractivity contribution is -0.125. The largest absolute Gasteiger partial charge is 0.354 e. The number of carbonyl (C=O) groups is 2. The summed E-state index contributed by atoms with van der Waals surface area (Å²) in [4.78, 5) is 29.9. The molecule has 3 rings (SSSR count). The summed E-state index contributed by atoms with van der Waals surface area (Å²) in [5.74, 6) is -0.0176. The van der Waals surface area contributed by atoms with E-state index in [4.69, 9.17) is 0 Å². The Bertz CT molecular complexity index is 646. The predicted octanol–water partition coefficient (Wildman–Crippen LogP) is 2.78. The second-order valence-corrected chi connectivity index (χ2v) is 8.27. The molecular formula is C23H36N4O2. The molecule has 2 heterocycles. The van der Waals surface area contributed by atoms with Gasteiger partial charge in [-0.05, 0) is 63.7 Å². The van der Waals surface area contributed by atoms with Gasteiger partial charge in [0.15, 0.2) is 0 Å². The number of unbranched alkanes of at least 4 members (excludes halogenated alkanes) is 1. The minimum atomic E-state index is -0.415. The zero-order chi connectivity index (χ0) is 20.5. The van der Waals surface area contributed by atoms with Gasteiger partial charge >= 0.3 is 6.03 Å². The number of aryl methyl sites for hydroxylation is 1. The first-order valence-electron chi connectivity index (χ1n) is 11.3. The van der Waals surface area contributed by atoms with Gasteiger partial charge in [0.1, 0.15) is 6.04 Å². The van der Waals surface area contributed by atoms with Crippen LogP contribution in [0.25, 0.3) is 0 Å². The molecular weight excluding hydrogens is 364 g/mol. The van der Waals surface area contributed by atoms with Crippen LogP contribution in [-0.2, 0) is 11.2 Å². The van der Waals surface area contributed by atoms with Gasteiger partial charge in [0.2, 0.25) is 5.91 Å². The summed E-state index contributed by atoms with van der Waals surface area (Å²) >= 11 is 0. The Labute approximate surface area is 175 Å². The number of amides is 3. The van der Waals surface area contributed by atoms with Crippen LogP contribution in [0.1, 0.15) is 51.0 Å². The molecule has 2 unspecified atom stereocenters. The van der Waals surface area contributed by atoms with E-state index in [0.717, 1.165) is 51.7 Å². The van der Waals surface area contributed by atoms with Gasteiger partial charge in [0.25, 0.3) is 0 Å². The van der Waals surface area contributed by atoms with E-state index in [1.165, 1.54) is 18.4 Å². The number of hydrogen-bond donors (Lipinski definition) is 2. The van der Waals surface area contributed by atoms with E-state index in [2.05, 4.69) is 34.6 Å². The van der Waals surface area contributed by atoms with Crippen LogP contribution in [0.15, 0.2) is 30.3 Å². The van der Waals surface area contributed by atoms with Crippen molar-refractivity contribution in [2.45, 2.75) is 64.0 Å². The maximum Gasteiger partial charge on any atom is 0.318 e. The third-order valence-electron chi connectivity index (χ3n) is 6.04. The topological polar surface area (TPSA) is 64.7 Å². The van der Waals surface area contributed by atoms with Crippen LogP contribution in [0.2, 0.25) is 0 Å².